The SMILES string of the molecule is Cc1sc(N)nc1C(=NOC(COc1ccc(C(N)=NC2CCNCC2)cc1)C(=O)O)C(=O)NC1C(=O)N(OS(=O)(=O)O)C1(C)C. The number of hydroxylamine groups is 2. The molecule has 2 fully saturated rings. The number of anilines is 1. The van der Waals surface area contributed by atoms with Crippen LogP contribution in [-0.2, 0) is 33.9 Å². The summed E-state index contributed by atoms with van der Waals surface area (Å²) in [5.41, 5.74) is 10.6. The zero-order valence-electron chi connectivity index (χ0n) is 25.0. The Labute approximate surface area is 267 Å². The third kappa shape index (κ3) is 8.26. The molecule has 2 atom stereocenters. The van der Waals surface area contributed by atoms with E-state index in [0.717, 1.165) is 37.3 Å². The smallest absolute Gasteiger partial charge is 0.418 e. The number of amidine groups is 1. The number of rotatable bonds is 13. The van der Waals surface area contributed by atoms with Crippen molar-refractivity contribution in [2.45, 2.75) is 57.3 Å². The van der Waals surface area contributed by atoms with Gasteiger partial charge in [-0.05, 0) is 71.0 Å². The second kappa shape index (κ2) is 14.0. The molecule has 0 spiro atoms. The Bertz CT molecular complexity index is 1640. The van der Waals surface area contributed by atoms with Crippen molar-refractivity contribution in [2.24, 2.45) is 15.9 Å². The van der Waals surface area contributed by atoms with E-state index in [1.54, 1.807) is 31.2 Å². The van der Waals surface area contributed by atoms with Crippen molar-refractivity contribution >= 4 is 56.2 Å². The molecule has 8 N–H and O–H groups in total. The molecule has 2 aliphatic rings. The first-order valence-electron chi connectivity index (χ1n) is 13.9. The van der Waals surface area contributed by atoms with Crippen LogP contribution in [0.25, 0.3) is 0 Å². The van der Waals surface area contributed by atoms with Gasteiger partial charge in [-0.2, -0.15) is 13.5 Å². The van der Waals surface area contributed by atoms with Crippen LogP contribution in [0.4, 0.5) is 5.13 Å². The number of nitrogens with one attached hydrogen (secondary N) is 2. The number of oxime groups is 1. The first kappa shape index (κ1) is 34.5. The predicted molar refractivity (Wildman–Crippen MR) is 164 cm³/mol. The fraction of sp³-hybridized carbons (Fsp3) is 0.462. The van der Waals surface area contributed by atoms with Crippen LogP contribution >= 0.6 is 11.3 Å². The normalized spacial score (nSPS) is 19.7. The first-order chi connectivity index (χ1) is 21.6. The maximum atomic E-state index is 13.3. The second-order valence-corrected chi connectivity index (χ2v) is 13.1. The van der Waals surface area contributed by atoms with E-state index in [1.807, 2.05) is 0 Å². The summed E-state index contributed by atoms with van der Waals surface area (Å²) < 4.78 is 41.1. The Kier molecular flexibility index (Phi) is 10.5. The molecule has 0 aliphatic carbocycles. The number of aliphatic carboxylic acids is 1. The number of carboxylic acid groups (broad SMARTS) is 1. The quantitative estimate of drug-likeness (QED) is 0.0515. The Morgan fingerprint density at radius 3 is 2.46 bits per heavy atom. The summed E-state index contributed by atoms with van der Waals surface area (Å²) in [4.78, 5) is 52.1. The minimum Gasteiger partial charge on any atom is -0.489 e. The van der Waals surface area contributed by atoms with Crippen molar-refractivity contribution in [3.05, 3.63) is 40.4 Å². The monoisotopic (exact) mass is 682 g/mol. The number of amides is 2. The number of carbonyl (C=O) groups excluding carboxylic acids is 2. The third-order valence-electron chi connectivity index (χ3n) is 7.10. The van der Waals surface area contributed by atoms with Crippen LogP contribution in [0, 0.1) is 6.92 Å². The van der Waals surface area contributed by atoms with Gasteiger partial charge in [0.2, 0.25) is 0 Å². The highest BCUT2D eigenvalue weighted by Gasteiger charge is 2.58. The number of ether oxygens (including phenoxy) is 1. The van der Waals surface area contributed by atoms with Gasteiger partial charge in [-0.3, -0.25) is 19.1 Å². The lowest BCUT2D eigenvalue weighted by molar-refractivity contribution is -0.218. The molecule has 0 radical (unpaired) electrons. The van der Waals surface area contributed by atoms with Gasteiger partial charge in [-0.15, -0.1) is 15.6 Å². The molecule has 2 amide bonds. The highest BCUT2D eigenvalue weighted by molar-refractivity contribution is 7.80. The highest BCUT2D eigenvalue weighted by atomic mass is 32.3. The fourth-order valence-corrected chi connectivity index (χ4v) is 5.76. The van der Waals surface area contributed by atoms with Crippen molar-refractivity contribution in [2.75, 3.05) is 25.4 Å². The Morgan fingerprint density at radius 2 is 1.91 bits per heavy atom. The average molecular weight is 683 g/mol. The number of aromatic nitrogens is 1. The number of carbonyl (C=O) groups is 3. The van der Waals surface area contributed by atoms with Gasteiger partial charge < -0.3 is 36.8 Å². The molecule has 250 valence electrons. The molecular weight excluding hydrogens is 648 g/mol. The average Bonchev–Trinajstić information content (AvgIpc) is 3.33. The molecule has 3 heterocycles. The minimum atomic E-state index is -5.02. The van der Waals surface area contributed by atoms with Gasteiger partial charge in [0.15, 0.2) is 10.8 Å². The lowest BCUT2D eigenvalue weighted by atomic mass is 9.84. The summed E-state index contributed by atoms with van der Waals surface area (Å²) in [5, 5.41) is 19.6. The standard InChI is InChI=1S/C26H34N8O10S2/c1-13-18(31-25(28)45-13)19(22(35)32-20-23(36)34(26(20,2)3)44-46(39,40)41)33-43-17(24(37)38)12-42-16-6-4-14(5-7-16)21(27)30-15-8-10-29-11-9-15/h4-7,15,17,20,29H,8-12H2,1-3H3,(H2,27,30)(H2,28,31)(H,32,35)(H,37,38)(H,39,40,41). The van der Waals surface area contributed by atoms with Gasteiger partial charge in [0.25, 0.3) is 17.9 Å². The van der Waals surface area contributed by atoms with Crippen molar-refractivity contribution in [3.8, 4) is 5.75 Å². The molecule has 1 aromatic heterocycles. The molecule has 18 nitrogen and oxygen atoms in total. The van der Waals surface area contributed by atoms with E-state index < -0.39 is 58.2 Å². The molecule has 46 heavy (non-hydrogen) atoms. The van der Waals surface area contributed by atoms with Crippen molar-refractivity contribution in [1.29, 1.82) is 0 Å². The zero-order valence-corrected chi connectivity index (χ0v) is 26.6. The van der Waals surface area contributed by atoms with E-state index in [2.05, 4.69) is 30.0 Å². The molecule has 1 aromatic carbocycles. The van der Waals surface area contributed by atoms with Crippen LogP contribution in [0.5, 0.6) is 5.75 Å². The van der Waals surface area contributed by atoms with Crippen molar-refractivity contribution in [3.63, 3.8) is 0 Å². The largest absolute Gasteiger partial charge is 0.489 e. The summed E-state index contributed by atoms with van der Waals surface area (Å²) in [6.07, 6.45) is 0.0907. The number of nitrogens with zero attached hydrogens (tertiary/aromatic N) is 4. The van der Waals surface area contributed by atoms with Crippen molar-refractivity contribution < 1.29 is 46.3 Å². The lowest BCUT2D eigenvalue weighted by Gasteiger charge is -2.50. The number of carboxylic acids is 1. The number of thiazole rings is 1. The first-order valence-corrected chi connectivity index (χ1v) is 16.0. The van der Waals surface area contributed by atoms with Crippen LogP contribution in [-0.4, -0.2) is 101 Å². The van der Waals surface area contributed by atoms with Crippen LogP contribution < -0.4 is 26.8 Å². The Balaban J connectivity index is 1.46. The van der Waals surface area contributed by atoms with Gasteiger partial charge in [0.05, 0.1) is 11.6 Å². The summed E-state index contributed by atoms with van der Waals surface area (Å²) in [5.74, 6) is -2.78. The predicted octanol–water partition coefficient (Wildman–Crippen LogP) is -0.416. The van der Waals surface area contributed by atoms with Crippen LogP contribution in [0.15, 0.2) is 34.4 Å². The number of β-lactam (4-membered cyclic amide) rings is 1. The maximum absolute atomic E-state index is 13.3. The van der Waals surface area contributed by atoms with Gasteiger partial charge >= 0.3 is 16.4 Å². The number of hydrogen-bond acceptors (Lipinski definition) is 14. The maximum Gasteiger partial charge on any atom is 0.418 e. The topological polar surface area (TPSA) is 270 Å². The molecule has 0 bridgehead atoms. The van der Waals surface area contributed by atoms with E-state index in [1.165, 1.54) is 13.8 Å². The van der Waals surface area contributed by atoms with E-state index >= 15 is 0 Å². The van der Waals surface area contributed by atoms with Gasteiger partial charge in [0.1, 0.15) is 29.9 Å². The van der Waals surface area contributed by atoms with Crippen LogP contribution in [0.2, 0.25) is 0 Å². The minimum absolute atomic E-state index is 0.0417. The molecule has 0 saturated carbocycles. The highest BCUT2D eigenvalue weighted by Crippen LogP contribution is 2.33. The number of piperidine rings is 1. The molecule has 4 rings (SSSR count). The van der Waals surface area contributed by atoms with Crippen LogP contribution in [0.1, 0.15) is 42.8 Å². The van der Waals surface area contributed by atoms with E-state index in [0.29, 0.717) is 27.1 Å². The van der Waals surface area contributed by atoms with Crippen molar-refractivity contribution in [1.82, 2.24) is 20.7 Å². The molecule has 2 aliphatic heterocycles. The summed E-state index contributed by atoms with van der Waals surface area (Å²) in [7, 11) is -5.02. The van der Waals surface area contributed by atoms with Gasteiger partial charge in [-0.25, -0.2) is 9.78 Å². The number of aliphatic imine (C=N–C) groups is 1. The van der Waals surface area contributed by atoms with Gasteiger partial charge in [0, 0.05) is 10.4 Å². The number of nitrogens with two attached hydrogens (primary N) is 2. The molecule has 2 aromatic rings. The molecule has 2 unspecified atom stereocenters. The fourth-order valence-electron chi connectivity index (χ4n) is 4.61. The number of hydrogen-bond donors (Lipinski definition) is 6. The van der Waals surface area contributed by atoms with E-state index in [4.69, 9.17) is 25.6 Å². The summed E-state index contributed by atoms with van der Waals surface area (Å²) in [6.45, 7) is 5.55. The van der Waals surface area contributed by atoms with E-state index in [-0.39, 0.29) is 16.9 Å². The number of benzene rings is 1. The molecule has 20 heteroatoms. The Hall–Kier alpha value is -4.37. The Morgan fingerprint density at radius 1 is 1.26 bits per heavy atom. The summed E-state index contributed by atoms with van der Waals surface area (Å²) in [6, 6.07) is 5.37. The summed E-state index contributed by atoms with van der Waals surface area (Å²) >= 11 is 1.02. The van der Waals surface area contributed by atoms with E-state index in [9.17, 15) is 27.9 Å². The molecule has 2 saturated heterocycles. The van der Waals surface area contributed by atoms with Gasteiger partial charge in [-0.1, -0.05) is 5.16 Å². The molecular formula is C26H34N8O10S2. The number of nitrogen functional groups attached to an aromatic ring is 1. The second-order valence-electron chi connectivity index (χ2n) is 10.9. The number of aryl methyl sites for hydroxylation is 1. The van der Waals surface area contributed by atoms with Crippen LogP contribution in [0.3, 0.4) is 0 Å². The third-order valence-corrected chi connectivity index (χ3v) is 8.24. The lowest BCUT2D eigenvalue weighted by Crippen LogP contribution is -2.76. The zero-order chi connectivity index (χ0) is 33.8.